The van der Waals surface area contributed by atoms with E-state index < -0.39 is 0 Å². The van der Waals surface area contributed by atoms with Gasteiger partial charge >= 0.3 is 0 Å². The molecule has 0 saturated heterocycles. The maximum atomic E-state index is 2.29. The molecule has 0 aliphatic rings. The standard InChI is InChI=1S/C14H18/c1-4-8-12(2)11-13(3)14-9-6-5-7-10-14/h4-11,13H,1-3H3/t13-/m0/s1. The maximum Gasteiger partial charge on any atom is -0.000473 e. The van der Waals surface area contributed by atoms with Gasteiger partial charge in [0.1, 0.15) is 0 Å². The van der Waals surface area contributed by atoms with Crippen molar-refractivity contribution in [1.29, 1.82) is 0 Å². The number of hydrogen-bond acceptors (Lipinski definition) is 0. The number of hydrogen-bond donors (Lipinski definition) is 0. The second-order valence-corrected chi connectivity index (χ2v) is 3.61. The molecular weight excluding hydrogens is 168 g/mol. The molecule has 0 fully saturated rings. The van der Waals surface area contributed by atoms with Gasteiger partial charge in [-0.15, -0.1) is 0 Å². The highest BCUT2D eigenvalue weighted by atomic mass is 14.0. The van der Waals surface area contributed by atoms with E-state index in [9.17, 15) is 0 Å². The van der Waals surface area contributed by atoms with E-state index in [0.29, 0.717) is 5.92 Å². The van der Waals surface area contributed by atoms with Gasteiger partial charge in [-0.3, -0.25) is 0 Å². The number of benzene rings is 1. The Morgan fingerprint density at radius 2 is 1.86 bits per heavy atom. The summed E-state index contributed by atoms with van der Waals surface area (Å²) in [6.07, 6.45) is 6.50. The zero-order chi connectivity index (χ0) is 10.4. The molecule has 0 aliphatic heterocycles. The van der Waals surface area contributed by atoms with Gasteiger partial charge in [-0.25, -0.2) is 0 Å². The Kier molecular flexibility index (Phi) is 4.18. The van der Waals surface area contributed by atoms with Gasteiger partial charge in [0.2, 0.25) is 0 Å². The normalized spacial score (nSPS) is 14.6. The summed E-state index contributed by atoms with van der Waals surface area (Å²) in [6, 6.07) is 10.6. The summed E-state index contributed by atoms with van der Waals surface area (Å²) in [5.41, 5.74) is 2.69. The fourth-order valence-electron chi connectivity index (χ4n) is 1.57. The van der Waals surface area contributed by atoms with Gasteiger partial charge in [-0.2, -0.15) is 0 Å². The summed E-state index contributed by atoms with van der Waals surface area (Å²) < 4.78 is 0. The molecule has 0 aliphatic carbocycles. The van der Waals surface area contributed by atoms with Crippen LogP contribution in [0.4, 0.5) is 0 Å². The Hall–Kier alpha value is -1.30. The largest absolute Gasteiger partial charge is 0.0874 e. The van der Waals surface area contributed by atoms with Crippen molar-refractivity contribution in [2.45, 2.75) is 26.7 Å². The van der Waals surface area contributed by atoms with E-state index in [1.54, 1.807) is 0 Å². The molecule has 0 aromatic heterocycles. The lowest BCUT2D eigenvalue weighted by molar-refractivity contribution is 0.958. The molecule has 0 unspecified atom stereocenters. The zero-order valence-corrected chi connectivity index (χ0v) is 9.20. The van der Waals surface area contributed by atoms with Crippen LogP contribution in [0.15, 0.2) is 54.1 Å². The monoisotopic (exact) mass is 186 g/mol. The van der Waals surface area contributed by atoms with E-state index in [2.05, 4.69) is 62.4 Å². The quantitative estimate of drug-likeness (QED) is 0.617. The zero-order valence-electron chi connectivity index (χ0n) is 9.20. The number of allylic oxidation sites excluding steroid dienone is 4. The molecular formula is C14H18. The minimum absolute atomic E-state index is 0.493. The molecule has 0 spiro atoms. The molecule has 1 rings (SSSR count). The van der Waals surface area contributed by atoms with Crippen LogP contribution in [-0.4, -0.2) is 0 Å². The predicted octanol–water partition coefficient (Wildman–Crippen LogP) is 4.31. The van der Waals surface area contributed by atoms with Crippen molar-refractivity contribution in [3.05, 3.63) is 59.7 Å². The third-order valence-electron chi connectivity index (χ3n) is 2.27. The highest BCUT2D eigenvalue weighted by molar-refractivity contribution is 5.27. The van der Waals surface area contributed by atoms with Crippen molar-refractivity contribution in [3.63, 3.8) is 0 Å². The first kappa shape index (κ1) is 10.8. The number of rotatable bonds is 3. The lowest BCUT2D eigenvalue weighted by atomic mass is 9.99. The third kappa shape index (κ3) is 3.21. The van der Waals surface area contributed by atoms with Gasteiger partial charge in [-0.1, -0.05) is 61.1 Å². The molecule has 0 nitrogen and oxygen atoms in total. The van der Waals surface area contributed by atoms with Crippen LogP contribution in [0.1, 0.15) is 32.3 Å². The summed E-state index contributed by atoms with van der Waals surface area (Å²) >= 11 is 0. The van der Waals surface area contributed by atoms with Crippen LogP contribution in [0.2, 0.25) is 0 Å². The van der Waals surface area contributed by atoms with Crippen LogP contribution in [0.25, 0.3) is 0 Å². The van der Waals surface area contributed by atoms with Gasteiger partial charge < -0.3 is 0 Å². The first-order valence-electron chi connectivity index (χ1n) is 5.10. The molecule has 0 amide bonds. The molecule has 74 valence electrons. The van der Waals surface area contributed by atoms with Crippen LogP contribution in [0.3, 0.4) is 0 Å². The fourth-order valence-corrected chi connectivity index (χ4v) is 1.57. The van der Waals surface area contributed by atoms with Crippen LogP contribution in [0, 0.1) is 0 Å². The van der Waals surface area contributed by atoms with Gasteiger partial charge in [0.05, 0.1) is 0 Å². The van der Waals surface area contributed by atoms with Crippen molar-refractivity contribution in [2.24, 2.45) is 0 Å². The average molecular weight is 186 g/mol. The minimum atomic E-state index is 0.493. The van der Waals surface area contributed by atoms with Gasteiger partial charge in [0.25, 0.3) is 0 Å². The second kappa shape index (κ2) is 5.43. The van der Waals surface area contributed by atoms with Crippen molar-refractivity contribution in [1.82, 2.24) is 0 Å². The van der Waals surface area contributed by atoms with E-state index in [4.69, 9.17) is 0 Å². The average Bonchev–Trinajstić information content (AvgIpc) is 2.19. The summed E-state index contributed by atoms with van der Waals surface area (Å²) in [5.74, 6) is 0.493. The van der Waals surface area contributed by atoms with Gasteiger partial charge in [-0.05, 0) is 25.3 Å². The van der Waals surface area contributed by atoms with E-state index in [1.807, 2.05) is 6.92 Å². The topological polar surface area (TPSA) is 0 Å². The first-order valence-corrected chi connectivity index (χ1v) is 5.10. The molecule has 14 heavy (non-hydrogen) atoms. The molecule has 0 bridgehead atoms. The fraction of sp³-hybridized carbons (Fsp3) is 0.286. The molecule has 0 N–H and O–H groups in total. The minimum Gasteiger partial charge on any atom is -0.0874 e. The van der Waals surface area contributed by atoms with Crippen molar-refractivity contribution in [3.8, 4) is 0 Å². The summed E-state index contributed by atoms with van der Waals surface area (Å²) in [5, 5.41) is 0. The molecule has 1 atom stereocenters. The Labute approximate surface area is 87.0 Å². The predicted molar refractivity (Wildman–Crippen MR) is 63.4 cm³/mol. The molecule has 0 heterocycles. The Balaban J connectivity index is 2.77. The SMILES string of the molecule is CC=CC(C)=C[C@H](C)c1ccccc1. The van der Waals surface area contributed by atoms with Gasteiger partial charge in [0, 0.05) is 0 Å². The molecule has 1 aromatic rings. The highest BCUT2D eigenvalue weighted by Crippen LogP contribution is 2.17. The highest BCUT2D eigenvalue weighted by Gasteiger charge is 1.99. The van der Waals surface area contributed by atoms with E-state index >= 15 is 0 Å². The first-order chi connectivity index (χ1) is 6.74. The maximum absolute atomic E-state index is 2.29. The Morgan fingerprint density at radius 3 is 2.43 bits per heavy atom. The van der Waals surface area contributed by atoms with Gasteiger partial charge in [0.15, 0.2) is 0 Å². The smallest absolute Gasteiger partial charge is 0.000473 e. The van der Waals surface area contributed by atoms with Crippen LogP contribution in [-0.2, 0) is 0 Å². The lowest BCUT2D eigenvalue weighted by Crippen LogP contribution is -1.88. The molecule has 0 radical (unpaired) electrons. The molecule has 0 heteroatoms. The lowest BCUT2D eigenvalue weighted by Gasteiger charge is -2.06. The third-order valence-corrected chi connectivity index (χ3v) is 2.27. The molecule has 0 saturated carbocycles. The van der Waals surface area contributed by atoms with Crippen LogP contribution in [0.5, 0.6) is 0 Å². The Bertz CT molecular complexity index is 317. The molecule has 1 aromatic carbocycles. The summed E-state index contributed by atoms with van der Waals surface area (Å²) in [6.45, 7) is 6.41. The van der Waals surface area contributed by atoms with Crippen molar-refractivity contribution < 1.29 is 0 Å². The second-order valence-electron chi connectivity index (χ2n) is 3.61. The van der Waals surface area contributed by atoms with E-state index in [1.165, 1.54) is 11.1 Å². The van der Waals surface area contributed by atoms with E-state index in [0.717, 1.165) is 0 Å². The van der Waals surface area contributed by atoms with E-state index in [-0.39, 0.29) is 0 Å². The Morgan fingerprint density at radius 1 is 1.21 bits per heavy atom. The summed E-state index contributed by atoms with van der Waals surface area (Å²) in [4.78, 5) is 0. The summed E-state index contributed by atoms with van der Waals surface area (Å²) in [7, 11) is 0. The van der Waals surface area contributed by atoms with Crippen molar-refractivity contribution >= 4 is 0 Å². The van der Waals surface area contributed by atoms with Crippen LogP contribution < -0.4 is 0 Å². The van der Waals surface area contributed by atoms with Crippen LogP contribution >= 0.6 is 0 Å². The van der Waals surface area contributed by atoms with Crippen molar-refractivity contribution in [2.75, 3.05) is 0 Å².